The van der Waals surface area contributed by atoms with Crippen molar-refractivity contribution < 1.29 is 9.90 Å². The number of carboxylic acids is 1. The second-order valence-electron chi connectivity index (χ2n) is 5.68. The van der Waals surface area contributed by atoms with Crippen molar-refractivity contribution in [3.8, 4) is 0 Å². The zero-order chi connectivity index (χ0) is 12.6. The van der Waals surface area contributed by atoms with E-state index in [0.29, 0.717) is 5.92 Å². The average Bonchev–Trinajstić information content (AvgIpc) is 2.86. The molecule has 18 heavy (non-hydrogen) atoms. The Labute approximate surface area is 107 Å². The normalized spacial score (nSPS) is 34.4. The molecule has 2 N–H and O–H groups in total. The molecule has 3 heteroatoms. The highest BCUT2D eigenvalue weighted by Gasteiger charge is 2.51. The second-order valence-corrected chi connectivity index (χ2v) is 5.68. The first-order valence-electron chi connectivity index (χ1n) is 6.74. The fraction of sp³-hybridized carbons (Fsp3) is 0.533. The minimum absolute atomic E-state index is 0.0322. The summed E-state index contributed by atoms with van der Waals surface area (Å²) in [6.45, 7) is 0. The molecule has 2 aliphatic rings. The lowest BCUT2D eigenvalue weighted by atomic mass is 9.83. The lowest BCUT2D eigenvalue weighted by Gasteiger charge is -2.30. The Hall–Kier alpha value is -1.35. The Morgan fingerprint density at radius 2 is 2.17 bits per heavy atom. The first-order chi connectivity index (χ1) is 8.70. The largest absolute Gasteiger partial charge is 0.480 e. The van der Waals surface area contributed by atoms with E-state index in [9.17, 15) is 9.90 Å². The number of carbonyl (C=O) groups is 1. The van der Waals surface area contributed by atoms with Gasteiger partial charge in [0.2, 0.25) is 0 Å². The molecule has 96 valence electrons. The Morgan fingerprint density at radius 1 is 1.39 bits per heavy atom. The Morgan fingerprint density at radius 3 is 2.89 bits per heavy atom. The highest BCUT2D eigenvalue weighted by Crippen LogP contribution is 2.45. The minimum atomic E-state index is -0.697. The molecule has 1 heterocycles. The van der Waals surface area contributed by atoms with Gasteiger partial charge in [0.15, 0.2) is 0 Å². The van der Waals surface area contributed by atoms with Gasteiger partial charge in [0, 0.05) is 5.54 Å². The van der Waals surface area contributed by atoms with E-state index in [-0.39, 0.29) is 11.6 Å². The van der Waals surface area contributed by atoms with Gasteiger partial charge >= 0.3 is 5.97 Å². The Balaban J connectivity index is 1.82. The fourth-order valence-corrected chi connectivity index (χ4v) is 3.77. The number of hydrogen-bond acceptors (Lipinski definition) is 2. The van der Waals surface area contributed by atoms with E-state index in [1.807, 2.05) is 6.07 Å². The number of hydrogen-bond donors (Lipinski definition) is 2. The molecule has 1 aromatic rings. The topological polar surface area (TPSA) is 49.3 Å². The Kier molecular flexibility index (Phi) is 2.86. The maximum absolute atomic E-state index is 11.2. The number of rotatable bonds is 3. The number of aliphatic carboxylic acids is 1. The van der Waals surface area contributed by atoms with Crippen LogP contribution < -0.4 is 5.32 Å². The van der Waals surface area contributed by atoms with Crippen molar-refractivity contribution in [1.82, 2.24) is 5.32 Å². The molecule has 3 rings (SSSR count). The summed E-state index contributed by atoms with van der Waals surface area (Å²) in [6, 6.07) is 10.1. The summed E-state index contributed by atoms with van der Waals surface area (Å²) >= 11 is 0. The van der Waals surface area contributed by atoms with Gasteiger partial charge in [-0.15, -0.1) is 0 Å². The van der Waals surface area contributed by atoms with Crippen LogP contribution in [0, 0.1) is 5.92 Å². The molecule has 3 nitrogen and oxygen atoms in total. The quantitative estimate of drug-likeness (QED) is 0.858. The molecular formula is C15H19NO2. The van der Waals surface area contributed by atoms with Crippen LogP contribution in [-0.4, -0.2) is 22.7 Å². The molecule has 2 fully saturated rings. The van der Waals surface area contributed by atoms with Crippen LogP contribution in [0.2, 0.25) is 0 Å². The second kappa shape index (κ2) is 4.39. The summed E-state index contributed by atoms with van der Waals surface area (Å²) in [5.74, 6) is -0.171. The number of fused-ring (bicyclic) bond motifs is 1. The van der Waals surface area contributed by atoms with Gasteiger partial charge in [0.1, 0.15) is 6.04 Å². The van der Waals surface area contributed by atoms with Crippen molar-refractivity contribution >= 4 is 5.97 Å². The summed E-state index contributed by atoms with van der Waals surface area (Å²) in [5, 5.41) is 12.6. The lowest BCUT2D eigenvalue weighted by molar-refractivity contribution is -0.139. The van der Waals surface area contributed by atoms with Gasteiger partial charge in [0.25, 0.3) is 0 Å². The van der Waals surface area contributed by atoms with Crippen molar-refractivity contribution in [2.75, 3.05) is 0 Å². The monoisotopic (exact) mass is 245 g/mol. The van der Waals surface area contributed by atoms with Crippen LogP contribution in [0.4, 0.5) is 0 Å². The van der Waals surface area contributed by atoms with Crippen LogP contribution >= 0.6 is 0 Å². The third kappa shape index (κ3) is 1.93. The van der Waals surface area contributed by atoms with Gasteiger partial charge in [-0.25, -0.2) is 0 Å². The average molecular weight is 245 g/mol. The van der Waals surface area contributed by atoms with Crippen LogP contribution in [0.25, 0.3) is 0 Å². The standard InChI is InChI=1S/C15H19NO2/c17-14(18)13-9-12-7-4-8-15(12,16-13)10-11-5-2-1-3-6-11/h1-3,5-6,12-13,16H,4,7-10H2,(H,17,18). The van der Waals surface area contributed by atoms with Gasteiger partial charge < -0.3 is 5.11 Å². The number of carboxylic acid groups (broad SMARTS) is 1. The SMILES string of the molecule is O=C(O)C1CC2CCCC2(Cc2ccccc2)N1. The van der Waals surface area contributed by atoms with Gasteiger partial charge in [-0.05, 0) is 37.2 Å². The summed E-state index contributed by atoms with van der Waals surface area (Å²) in [5.41, 5.74) is 1.34. The van der Waals surface area contributed by atoms with Crippen molar-refractivity contribution in [3.05, 3.63) is 35.9 Å². The molecule has 0 amide bonds. The van der Waals surface area contributed by atoms with Crippen LogP contribution in [0.1, 0.15) is 31.2 Å². The van der Waals surface area contributed by atoms with Crippen molar-refractivity contribution in [1.29, 1.82) is 0 Å². The first-order valence-corrected chi connectivity index (χ1v) is 6.74. The molecule has 1 aromatic carbocycles. The smallest absolute Gasteiger partial charge is 0.320 e. The maximum Gasteiger partial charge on any atom is 0.320 e. The predicted molar refractivity (Wildman–Crippen MR) is 69.4 cm³/mol. The lowest BCUT2D eigenvalue weighted by Crippen LogP contribution is -2.48. The molecule has 1 aliphatic carbocycles. The van der Waals surface area contributed by atoms with Gasteiger partial charge in [0.05, 0.1) is 0 Å². The van der Waals surface area contributed by atoms with Crippen molar-refractivity contribution in [2.24, 2.45) is 5.92 Å². The molecule has 0 bridgehead atoms. The van der Waals surface area contributed by atoms with Crippen LogP contribution in [0.15, 0.2) is 30.3 Å². The zero-order valence-corrected chi connectivity index (χ0v) is 10.4. The molecule has 1 saturated heterocycles. The van der Waals surface area contributed by atoms with Gasteiger partial charge in [-0.1, -0.05) is 36.8 Å². The molecular weight excluding hydrogens is 226 g/mol. The van der Waals surface area contributed by atoms with E-state index >= 15 is 0 Å². The first kappa shape index (κ1) is 11.7. The number of nitrogens with one attached hydrogen (secondary N) is 1. The van der Waals surface area contributed by atoms with Gasteiger partial charge in [-0.2, -0.15) is 0 Å². The van der Waals surface area contributed by atoms with E-state index in [4.69, 9.17) is 0 Å². The summed E-state index contributed by atoms with van der Waals surface area (Å²) < 4.78 is 0. The molecule has 0 aromatic heterocycles. The minimum Gasteiger partial charge on any atom is -0.480 e. The third-order valence-corrected chi connectivity index (χ3v) is 4.60. The van der Waals surface area contributed by atoms with E-state index < -0.39 is 5.97 Å². The van der Waals surface area contributed by atoms with E-state index in [2.05, 4.69) is 29.6 Å². The van der Waals surface area contributed by atoms with Crippen LogP contribution in [0.5, 0.6) is 0 Å². The van der Waals surface area contributed by atoms with E-state index in [1.54, 1.807) is 0 Å². The Bertz CT molecular complexity index is 445. The van der Waals surface area contributed by atoms with Crippen molar-refractivity contribution in [3.63, 3.8) is 0 Å². The van der Waals surface area contributed by atoms with Gasteiger partial charge in [-0.3, -0.25) is 10.1 Å². The fourth-order valence-electron chi connectivity index (χ4n) is 3.77. The molecule has 0 radical (unpaired) electrons. The summed E-state index contributed by atoms with van der Waals surface area (Å²) in [6.07, 6.45) is 5.25. The van der Waals surface area contributed by atoms with E-state index in [1.165, 1.54) is 18.4 Å². The highest BCUT2D eigenvalue weighted by atomic mass is 16.4. The number of benzene rings is 1. The summed E-state index contributed by atoms with van der Waals surface area (Å²) in [7, 11) is 0. The molecule has 3 atom stereocenters. The molecule has 0 spiro atoms. The summed E-state index contributed by atoms with van der Waals surface area (Å²) in [4.78, 5) is 11.2. The molecule has 3 unspecified atom stereocenters. The van der Waals surface area contributed by atoms with Crippen LogP contribution in [-0.2, 0) is 11.2 Å². The van der Waals surface area contributed by atoms with E-state index in [0.717, 1.165) is 19.3 Å². The zero-order valence-electron chi connectivity index (χ0n) is 10.4. The molecule has 1 saturated carbocycles. The van der Waals surface area contributed by atoms with Crippen molar-refractivity contribution in [2.45, 2.75) is 43.7 Å². The van der Waals surface area contributed by atoms with Crippen LogP contribution in [0.3, 0.4) is 0 Å². The maximum atomic E-state index is 11.2. The highest BCUT2D eigenvalue weighted by molar-refractivity contribution is 5.74. The predicted octanol–water partition coefficient (Wildman–Crippen LogP) is 2.21. The molecule has 1 aliphatic heterocycles. The third-order valence-electron chi connectivity index (χ3n) is 4.60.